The molecule has 1 heterocycles. The minimum atomic E-state index is 0.255. The Bertz CT molecular complexity index is 537. The van der Waals surface area contributed by atoms with Crippen molar-refractivity contribution >= 4 is 0 Å². The zero-order valence-corrected chi connectivity index (χ0v) is 12.4. The number of aryl methyl sites for hydroxylation is 1. The van der Waals surface area contributed by atoms with E-state index >= 15 is 0 Å². The number of rotatable bonds is 6. The first-order valence-corrected chi connectivity index (χ1v) is 7.00. The van der Waals surface area contributed by atoms with E-state index in [1.165, 1.54) is 11.1 Å². The average Bonchev–Trinajstić information content (AvgIpc) is 2.49. The van der Waals surface area contributed by atoms with Crippen LogP contribution in [0.15, 0.2) is 42.7 Å². The number of hydrogen-bond acceptors (Lipinski definition) is 3. The summed E-state index contributed by atoms with van der Waals surface area (Å²) in [7, 11) is 1.67. The normalized spacial score (nSPS) is 12.2. The van der Waals surface area contributed by atoms with E-state index in [2.05, 4.69) is 54.5 Å². The molecule has 2 rings (SSSR count). The Labute approximate surface area is 121 Å². The molecule has 0 spiro atoms. The summed E-state index contributed by atoms with van der Waals surface area (Å²) in [5, 5.41) is 3.52. The third kappa shape index (κ3) is 3.81. The van der Waals surface area contributed by atoms with Gasteiger partial charge >= 0.3 is 0 Å². The van der Waals surface area contributed by atoms with Crippen LogP contribution < -0.4 is 10.1 Å². The number of nitrogens with zero attached hydrogens (tertiary/aromatic N) is 1. The van der Waals surface area contributed by atoms with Gasteiger partial charge in [0.2, 0.25) is 0 Å². The van der Waals surface area contributed by atoms with E-state index in [4.69, 9.17) is 4.74 Å². The molecule has 0 radical (unpaired) electrons. The highest BCUT2D eigenvalue weighted by Gasteiger charge is 2.12. The number of likely N-dealkylation sites (N-methyl/N-ethyl adjacent to an activating group) is 1. The van der Waals surface area contributed by atoms with Gasteiger partial charge in [0.15, 0.2) is 0 Å². The van der Waals surface area contributed by atoms with Crippen molar-refractivity contribution in [3.05, 3.63) is 59.4 Å². The van der Waals surface area contributed by atoms with Crippen LogP contribution in [0.3, 0.4) is 0 Å². The van der Waals surface area contributed by atoms with Crippen LogP contribution in [-0.2, 0) is 6.42 Å². The number of methoxy groups -OCH3 is 1. The Balaban J connectivity index is 2.19. The molecule has 0 saturated heterocycles. The molecule has 0 aliphatic rings. The first-order chi connectivity index (χ1) is 9.72. The minimum absolute atomic E-state index is 0.255. The van der Waals surface area contributed by atoms with Gasteiger partial charge in [0.05, 0.1) is 13.3 Å². The van der Waals surface area contributed by atoms with E-state index < -0.39 is 0 Å². The summed E-state index contributed by atoms with van der Waals surface area (Å²) >= 11 is 0. The highest BCUT2D eigenvalue weighted by atomic mass is 16.5. The van der Waals surface area contributed by atoms with E-state index in [0.717, 1.165) is 24.3 Å². The smallest absolute Gasteiger partial charge is 0.137 e. The lowest BCUT2D eigenvalue weighted by molar-refractivity contribution is 0.410. The van der Waals surface area contributed by atoms with Gasteiger partial charge in [0.25, 0.3) is 0 Å². The van der Waals surface area contributed by atoms with Crippen LogP contribution in [0.4, 0.5) is 0 Å². The zero-order valence-electron chi connectivity index (χ0n) is 12.4. The van der Waals surface area contributed by atoms with E-state index in [1.807, 2.05) is 6.20 Å². The lowest BCUT2D eigenvalue weighted by Crippen LogP contribution is -2.23. The molecule has 3 nitrogen and oxygen atoms in total. The lowest BCUT2D eigenvalue weighted by atomic mass is 9.99. The third-order valence-electron chi connectivity index (χ3n) is 3.38. The zero-order chi connectivity index (χ0) is 14.4. The van der Waals surface area contributed by atoms with Crippen molar-refractivity contribution in [2.75, 3.05) is 13.7 Å². The highest BCUT2D eigenvalue weighted by Crippen LogP contribution is 2.21. The predicted octanol–water partition coefficient (Wildman–Crippen LogP) is 3.29. The van der Waals surface area contributed by atoms with Gasteiger partial charge in [-0.05, 0) is 37.1 Å². The SMILES string of the molecule is CCNC(Cc1ccc(C)cc1)c1cncc(OC)c1. The van der Waals surface area contributed by atoms with Crippen molar-refractivity contribution in [2.24, 2.45) is 0 Å². The first kappa shape index (κ1) is 14.5. The van der Waals surface area contributed by atoms with Crippen LogP contribution in [-0.4, -0.2) is 18.6 Å². The molecule has 3 heteroatoms. The summed E-state index contributed by atoms with van der Waals surface area (Å²) in [6, 6.07) is 11.0. The second-order valence-corrected chi connectivity index (χ2v) is 4.96. The second kappa shape index (κ2) is 7.06. The van der Waals surface area contributed by atoms with Gasteiger partial charge in [-0.2, -0.15) is 0 Å². The predicted molar refractivity (Wildman–Crippen MR) is 82.1 cm³/mol. The number of nitrogens with one attached hydrogen (secondary N) is 1. The molecular formula is C17H22N2O. The highest BCUT2D eigenvalue weighted by molar-refractivity contribution is 5.29. The van der Waals surface area contributed by atoms with Crippen molar-refractivity contribution in [1.29, 1.82) is 0 Å². The summed E-state index contributed by atoms with van der Waals surface area (Å²) in [5.41, 5.74) is 3.77. The molecule has 1 unspecified atom stereocenters. The molecule has 1 N–H and O–H groups in total. The van der Waals surface area contributed by atoms with E-state index in [1.54, 1.807) is 13.3 Å². The Morgan fingerprint density at radius 3 is 2.60 bits per heavy atom. The van der Waals surface area contributed by atoms with Gasteiger partial charge in [-0.25, -0.2) is 0 Å². The molecule has 0 aliphatic carbocycles. The number of hydrogen-bond donors (Lipinski definition) is 1. The maximum Gasteiger partial charge on any atom is 0.137 e. The molecule has 1 aromatic heterocycles. The number of aromatic nitrogens is 1. The van der Waals surface area contributed by atoms with Crippen LogP contribution in [0.5, 0.6) is 5.75 Å². The van der Waals surface area contributed by atoms with Gasteiger partial charge in [-0.15, -0.1) is 0 Å². The molecule has 1 atom stereocenters. The summed E-state index contributed by atoms with van der Waals surface area (Å²) in [4.78, 5) is 4.25. The molecule has 0 bridgehead atoms. The van der Waals surface area contributed by atoms with Crippen molar-refractivity contribution < 1.29 is 4.74 Å². The largest absolute Gasteiger partial charge is 0.495 e. The standard InChI is InChI=1S/C17H22N2O/c1-4-19-17(9-14-7-5-13(2)6-8-14)15-10-16(20-3)12-18-11-15/h5-8,10-12,17,19H,4,9H2,1-3H3. The summed E-state index contributed by atoms with van der Waals surface area (Å²) in [5.74, 6) is 0.800. The van der Waals surface area contributed by atoms with E-state index in [-0.39, 0.29) is 6.04 Å². The third-order valence-corrected chi connectivity index (χ3v) is 3.38. The van der Waals surface area contributed by atoms with Crippen molar-refractivity contribution in [3.8, 4) is 5.75 Å². The quantitative estimate of drug-likeness (QED) is 0.874. The van der Waals surface area contributed by atoms with Crippen molar-refractivity contribution in [1.82, 2.24) is 10.3 Å². The number of benzene rings is 1. The molecule has 1 aromatic carbocycles. The number of ether oxygens (including phenoxy) is 1. The summed E-state index contributed by atoms with van der Waals surface area (Å²) < 4.78 is 5.26. The van der Waals surface area contributed by atoms with E-state index in [0.29, 0.717) is 0 Å². The van der Waals surface area contributed by atoms with Gasteiger partial charge in [0, 0.05) is 12.2 Å². The summed E-state index contributed by atoms with van der Waals surface area (Å²) in [6.07, 6.45) is 4.59. The molecule has 2 aromatic rings. The fraction of sp³-hybridized carbons (Fsp3) is 0.353. The van der Waals surface area contributed by atoms with Gasteiger partial charge in [-0.3, -0.25) is 4.98 Å². The first-order valence-electron chi connectivity index (χ1n) is 7.00. The Hall–Kier alpha value is -1.87. The molecule has 106 valence electrons. The van der Waals surface area contributed by atoms with Gasteiger partial charge < -0.3 is 10.1 Å². The van der Waals surface area contributed by atoms with Crippen LogP contribution in [0.1, 0.15) is 29.7 Å². The maximum absolute atomic E-state index is 5.26. The van der Waals surface area contributed by atoms with Crippen LogP contribution >= 0.6 is 0 Å². The molecule has 0 saturated carbocycles. The maximum atomic E-state index is 5.26. The number of pyridine rings is 1. The monoisotopic (exact) mass is 270 g/mol. The summed E-state index contributed by atoms with van der Waals surface area (Å²) in [6.45, 7) is 5.15. The Morgan fingerprint density at radius 1 is 1.20 bits per heavy atom. The molecule has 0 amide bonds. The molecule has 0 fully saturated rings. The lowest BCUT2D eigenvalue weighted by Gasteiger charge is -2.19. The fourth-order valence-electron chi connectivity index (χ4n) is 2.25. The Kier molecular flexibility index (Phi) is 5.13. The molecule has 20 heavy (non-hydrogen) atoms. The average molecular weight is 270 g/mol. The minimum Gasteiger partial charge on any atom is -0.495 e. The molecule has 0 aliphatic heterocycles. The van der Waals surface area contributed by atoms with Gasteiger partial charge in [0.1, 0.15) is 5.75 Å². The van der Waals surface area contributed by atoms with Crippen molar-refractivity contribution in [2.45, 2.75) is 26.3 Å². The van der Waals surface area contributed by atoms with Crippen LogP contribution in [0.2, 0.25) is 0 Å². The van der Waals surface area contributed by atoms with Crippen LogP contribution in [0.25, 0.3) is 0 Å². The van der Waals surface area contributed by atoms with Crippen LogP contribution in [0, 0.1) is 6.92 Å². The Morgan fingerprint density at radius 2 is 1.95 bits per heavy atom. The molecular weight excluding hydrogens is 248 g/mol. The fourth-order valence-corrected chi connectivity index (χ4v) is 2.25. The van der Waals surface area contributed by atoms with Gasteiger partial charge in [-0.1, -0.05) is 36.8 Å². The topological polar surface area (TPSA) is 34.2 Å². The van der Waals surface area contributed by atoms with Crippen molar-refractivity contribution in [3.63, 3.8) is 0 Å². The van der Waals surface area contributed by atoms with E-state index in [9.17, 15) is 0 Å². The second-order valence-electron chi connectivity index (χ2n) is 4.96.